The van der Waals surface area contributed by atoms with Crippen LogP contribution in [0.5, 0.6) is 0 Å². The molecule has 0 unspecified atom stereocenters. The van der Waals surface area contributed by atoms with Gasteiger partial charge in [0.25, 0.3) is 0 Å². The van der Waals surface area contributed by atoms with Gasteiger partial charge in [0.05, 0.1) is 13.2 Å². The first-order chi connectivity index (χ1) is 12.3. The SMILES string of the molecule is [2H]c1c([2H])c([2H])c(-c2ccc3c(oc4cccc(Cl)c43)c2[2H])c([2H])c1[2H]. The summed E-state index contributed by atoms with van der Waals surface area (Å²) in [6.45, 7) is 0. The summed E-state index contributed by atoms with van der Waals surface area (Å²) in [4.78, 5) is 0. The first kappa shape index (κ1) is 6.96. The van der Waals surface area contributed by atoms with Crippen LogP contribution >= 0.6 is 11.6 Å². The fourth-order valence-corrected chi connectivity index (χ4v) is 2.51. The van der Waals surface area contributed by atoms with Gasteiger partial charge in [-0.1, -0.05) is 53.9 Å². The Labute approximate surface area is 129 Å². The number of halogens is 1. The fraction of sp³-hybridized carbons (Fsp3) is 0. The van der Waals surface area contributed by atoms with E-state index in [0.29, 0.717) is 21.4 Å². The normalized spacial score (nSPS) is 15.4. The van der Waals surface area contributed by atoms with Crippen molar-refractivity contribution < 1.29 is 12.6 Å². The third-order valence-corrected chi connectivity index (χ3v) is 3.45. The first-order valence-electron chi connectivity index (χ1n) is 9.00. The van der Waals surface area contributed by atoms with E-state index in [2.05, 4.69) is 0 Å². The minimum Gasteiger partial charge on any atom is -0.456 e. The third-order valence-electron chi connectivity index (χ3n) is 3.14. The summed E-state index contributed by atoms with van der Waals surface area (Å²) in [6, 6.07) is 6.39. The highest BCUT2D eigenvalue weighted by Gasteiger charge is 2.10. The van der Waals surface area contributed by atoms with Crippen molar-refractivity contribution in [1.82, 2.24) is 0 Å². The van der Waals surface area contributed by atoms with Gasteiger partial charge in [0.15, 0.2) is 0 Å². The van der Waals surface area contributed by atoms with Crippen LogP contribution in [0.4, 0.5) is 0 Å². The summed E-state index contributed by atoms with van der Waals surface area (Å²) >= 11 is 6.24. The zero-order valence-corrected chi connectivity index (χ0v) is 10.9. The molecule has 3 aromatic carbocycles. The molecule has 20 heavy (non-hydrogen) atoms. The molecule has 4 rings (SSSR count). The molecule has 0 bridgehead atoms. The summed E-state index contributed by atoms with van der Waals surface area (Å²) in [7, 11) is 0. The maximum Gasteiger partial charge on any atom is 0.136 e. The molecule has 0 saturated heterocycles. The van der Waals surface area contributed by atoms with Crippen LogP contribution < -0.4 is 0 Å². The molecule has 0 aliphatic heterocycles. The molecule has 96 valence electrons. The van der Waals surface area contributed by atoms with Crippen LogP contribution in [0.15, 0.2) is 71.0 Å². The van der Waals surface area contributed by atoms with Crippen LogP contribution in [0.25, 0.3) is 33.1 Å². The topological polar surface area (TPSA) is 13.1 Å². The van der Waals surface area contributed by atoms with Crippen molar-refractivity contribution >= 4 is 33.5 Å². The van der Waals surface area contributed by atoms with Crippen LogP contribution in [0.2, 0.25) is 5.02 Å². The Kier molecular flexibility index (Phi) is 1.53. The van der Waals surface area contributed by atoms with E-state index in [1.54, 1.807) is 30.3 Å². The lowest BCUT2D eigenvalue weighted by Crippen LogP contribution is -1.76. The van der Waals surface area contributed by atoms with E-state index in [1.807, 2.05) is 0 Å². The molecule has 1 aromatic heterocycles. The van der Waals surface area contributed by atoms with Gasteiger partial charge in [-0.25, -0.2) is 0 Å². The zero-order valence-electron chi connectivity index (χ0n) is 16.2. The van der Waals surface area contributed by atoms with Gasteiger partial charge >= 0.3 is 0 Å². The van der Waals surface area contributed by atoms with Gasteiger partial charge in [0.2, 0.25) is 0 Å². The monoisotopic (exact) mass is 284 g/mol. The van der Waals surface area contributed by atoms with E-state index in [9.17, 15) is 0 Å². The highest BCUT2D eigenvalue weighted by molar-refractivity contribution is 6.37. The van der Waals surface area contributed by atoms with E-state index in [-0.39, 0.29) is 34.8 Å². The third kappa shape index (κ3) is 1.71. The maximum absolute atomic E-state index is 8.50. The Morgan fingerprint density at radius 2 is 1.75 bits per heavy atom. The first-order valence-corrected chi connectivity index (χ1v) is 6.38. The van der Waals surface area contributed by atoms with Gasteiger partial charge in [-0.2, -0.15) is 0 Å². The molecule has 0 radical (unpaired) electrons. The largest absolute Gasteiger partial charge is 0.456 e. The van der Waals surface area contributed by atoms with Crippen molar-refractivity contribution in [3.63, 3.8) is 0 Å². The predicted molar refractivity (Wildman–Crippen MR) is 84.2 cm³/mol. The van der Waals surface area contributed by atoms with E-state index >= 15 is 0 Å². The maximum atomic E-state index is 8.50. The van der Waals surface area contributed by atoms with Crippen molar-refractivity contribution in [2.45, 2.75) is 0 Å². The van der Waals surface area contributed by atoms with Crippen LogP contribution in [-0.2, 0) is 0 Å². The van der Waals surface area contributed by atoms with E-state index < -0.39 is 18.1 Å². The van der Waals surface area contributed by atoms with Crippen LogP contribution in [0.3, 0.4) is 0 Å². The summed E-state index contributed by atoms with van der Waals surface area (Å²) in [5.74, 6) is 0. The van der Waals surface area contributed by atoms with E-state index in [1.165, 1.54) is 0 Å². The smallest absolute Gasteiger partial charge is 0.136 e. The number of rotatable bonds is 1. The Morgan fingerprint density at radius 3 is 2.60 bits per heavy atom. The molecule has 2 heteroatoms. The number of benzene rings is 3. The Bertz CT molecular complexity index is 1180. The van der Waals surface area contributed by atoms with Crippen molar-refractivity contribution in [2.75, 3.05) is 0 Å². The number of hydrogen-bond donors (Lipinski definition) is 0. The second-order valence-corrected chi connectivity index (χ2v) is 4.74. The minimum atomic E-state index is -0.466. The highest BCUT2D eigenvalue weighted by Crippen LogP contribution is 2.35. The molecule has 1 nitrogen and oxygen atoms in total. The standard InChI is InChI=1S/C18H11ClO/c19-15-7-4-8-16-18(15)14-10-9-13(11-17(14)20-16)12-5-2-1-3-6-12/h1-11H/i1D,2D,3D,5D,6D,11D. The molecule has 0 fully saturated rings. The summed E-state index contributed by atoms with van der Waals surface area (Å²) < 4.78 is 53.8. The summed E-state index contributed by atoms with van der Waals surface area (Å²) in [5, 5.41) is 1.83. The molecule has 0 spiro atoms. The quantitative estimate of drug-likeness (QED) is 0.424. The number of hydrogen-bond acceptors (Lipinski definition) is 1. The van der Waals surface area contributed by atoms with Crippen molar-refractivity contribution in [1.29, 1.82) is 0 Å². The minimum absolute atomic E-state index is 0.0190. The van der Waals surface area contributed by atoms with Gasteiger partial charge < -0.3 is 4.42 Å². The average molecular weight is 285 g/mol. The molecule has 0 aliphatic carbocycles. The molecule has 0 N–H and O–H groups in total. The number of furan rings is 1. The second-order valence-electron chi connectivity index (χ2n) is 4.33. The van der Waals surface area contributed by atoms with Crippen molar-refractivity contribution in [3.05, 3.63) is 71.6 Å². The lowest BCUT2D eigenvalue weighted by molar-refractivity contribution is 0.669. The number of fused-ring (bicyclic) bond motifs is 3. The molecule has 0 atom stereocenters. The lowest BCUT2D eigenvalue weighted by Gasteiger charge is -2.00. The highest BCUT2D eigenvalue weighted by atomic mass is 35.5. The molecular weight excluding hydrogens is 268 g/mol. The van der Waals surface area contributed by atoms with Crippen LogP contribution in [-0.4, -0.2) is 0 Å². The van der Waals surface area contributed by atoms with E-state index in [4.69, 9.17) is 24.2 Å². The predicted octanol–water partition coefficient (Wildman–Crippen LogP) is 5.91. The van der Waals surface area contributed by atoms with Crippen molar-refractivity contribution in [3.8, 4) is 11.1 Å². The van der Waals surface area contributed by atoms with Crippen LogP contribution in [0, 0.1) is 0 Å². The second kappa shape index (κ2) is 4.39. The van der Waals surface area contributed by atoms with Gasteiger partial charge in [-0.15, -0.1) is 0 Å². The van der Waals surface area contributed by atoms with Gasteiger partial charge in [0.1, 0.15) is 11.2 Å². The Morgan fingerprint density at radius 1 is 0.900 bits per heavy atom. The van der Waals surface area contributed by atoms with E-state index in [0.717, 1.165) is 0 Å². The molecule has 4 aromatic rings. The molecule has 0 aliphatic rings. The zero-order chi connectivity index (χ0) is 18.7. The fourth-order valence-electron chi connectivity index (χ4n) is 2.24. The summed E-state index contributed by atoms with van der Waals surface area (Å²) in [5.41, 5.74) is 0.982. The Hall–Kier alpha value is -2.25. The molecule has 0 saturated carbocycles. The van der Waals surface area contributed by atoms with Gasteiger partial charge in [-0.3, -0.25) is 0 Å². The molecular formula is C18H11ClO. The molecule has 0 amide bonds. The lowest BCUT2D eigenvalue weighted by atomic mass is 10.0. The van der Waals surface area contributed by atoms with Crippen molar-refractivity contribution in [2.24, 2.45) is 0 Å². The van der Waals surface area contributed by atoms with Crippen LogP contribution in [0.1, 0.15) is 8.22 Å². The molecule has 1 heterocycles. The summed E-state index contributed by atoms with van der Waals surface area (Å²) in [6.07, 6.45) is 0. The van der Waals surface area contributed by atoms with Gasteiger partial charge in [0, 0.05) is 10.8 Å². The average Bonchev–Trinajstić information content (AvgIpc) is 3.01. The van der Waals surface area contributed by atoms with Gasteiger partial charge in [-0.05, 0) is 35.4 Å². The Balaban J connectivity index is 2.11.